The lowest BCUT2D eigenvalue weighted by molar-refractivity contribution is -0.161. The number of rotatable bonds is 77. The summed E-state index contributed by atoms with van der Waals surface area (Å²) in [4.78, 5) is 73.0. The van der Waals surface area contributed by atoms with Crippen LogP contribution in [-0.2, 0) is 65.4 Å². The summed E-state index contributed by atoms with van der Waals surface area (Å²) in [6.07, 6.45) is 55.4. The fourth-order valence-electron chi connectivity index (χ4n) is 12.2. The summed E-state index contributed by atoms with van der Waals surface area (Å²) in [5.41, 5.74) is 0. The van der Waals surface area contributed by atoms with Crippen molar-refractivity contribution in [1.82, 2.24) is 0 Å². The number of carbonyl (C=O) groups is 4. The number of carbonyl (C=O) groups excluding carboxylic acids is 4. The topological polar surface area (TPSA) is 237 Å². The van der Waals surface area contributed by atoms with Crippen LogP contribution < -0.4 is 0 Å². The standard InChI is InChI=1S/C80H156O17P2/c1-9-71(6)57-49-41-32-26-20-16-12-14-18-22-29-35-44-52-60-77(82)90-66-75(96-79(84)62-54-46-36-30-23-19-15-13-17-21-27-33-42-50-58-72(7)10-2)68-94-98(86,87)92-64-74(81)65-93-99(88,89)95-69-76(67-91-78(83)61-53-45-39-38-40-48-56-70(4)5)97-80(85)63-55-47-37-31-25-24-28-34-43-51-59-73(8)11-3/h70-76,81H,9-69H2,1-8H3,(H,86,87)(H,88,89)/t71?,72?,73?,74-,75-,76-/m1/s1. The van der Waals surface area contributed by atoms with E-state index in [0.717, 1.165) is 114 Å². The first kappa shape index (κ1) is 97.1. The lowest BCUT2D eigenvalue weighted by Gasteiger charge is -2.21. The fourth-order valence-corrected chi connectivity index (χ4v) is 13.7. The molecule has 0 aromatic carbocycles. The summed E-state index contributed by atoms with van der Waals surface area (Å²) in [5.74, 6) is 1.06. The molecule has 0 aliphatic heterocycles. The molecule has 0 aromatic heterocycles. The van der Waals surface area contributed by atoms with Gasteiger partial charge in [0, 0.05) is 25.7 Å². The van der Waals surface area contributed by atoms with Gasteiger partial charge in [0.25, 0.3) is 0 Å². The zero-order valence-corrected chi connectivity index (χ0v) is 66.9. The van der Waals surface area contributed by atoms with E-state index < -0.39 is 97.5 Å². The number of hydrogen-bond donors (Lipinski definition) is 3. The van der Waals surface area contributed by atoms with Crippen LogP contribution in [0.2, 0.25) is 0 Å². The Morgan fingerprint density at radius 3 is 0.717 bits per heavy atom. The summed E-state index contributed by atoms with van der Waals surface area (Å²) in [6.45, 7) is 14.3. The molecule has 0 rings (SSSR count). The van der Waals surface area contributed by atoms with E-state index >= 15 is 0 Å². The van der Waals surface area contributed by atoms with Crippen LogP contribution in [0.25, 0.3) is 0 Å². The van der Waals surface area contributed by atoms with E-state index in [4.69, 9.17) is 37.0 Å². The molecule has 17 nitrogen and oxygen atoms in total. The average molecular weight is 1450 g/mol. The van der Waals surface area contributed by atoms with Crippen molar-refractivity contribution < 1.29 is 80.2 Å². The van der Waals surface area contributed by atoms with Crippen molar-refractivity contribution >= 4 is 39.5 Å². The van der Waals surface area contributed by atoms with Crippen LogP contribution in [0.1, 0.15) is 409 Å². The van der Waals surface area contributed by atoms with Crippen LogP contribution in [0.15, 0.2) is 0 Å². The third-order valence-electron chi connectivity index (χ3n) is 19.7. The highest BCUT2D eigenvalue weighted by Crippen LogP contribution is 2.45. The Morgan fingerprint density at radius 1 is 0.283 bits per heavy atom. The molecule has 0 bridgehead atoms. The molecule has 0 saturated heterocycles. The monoisotopic (exact) mass is 1450 g/mol. The molecule has 0 heterocycles. The SMILES string of the molecule is CCC(C)CCCCCCCCCCCCCCCCC(=O)OC[C@H](COP(=O)(O)OC[C@@H](O)COP(=O)(O)OC[C@@H](COC(=O)CCCCCCCCC(C)C)OC(=O)CCCCCCCCCCCCC(C)CC)OC(=O)CCCCCCCCCCCCCCCCC(C)CC. The van der Waals surface area contributed by atoms with Crippen molar-refractivity contribution in [1.29, 1.82) is 0 Å². The molecule has 3 N–H and O–H groups in total. The van der Waals surface area contributed by atoms with Crippen molar-refractivity contribution in [3.05, 3.63) is 0 Å². The van der Waals surface area contributed by atoms with Crippen molar-refractivity contribution in [2.24, 2.45) is 23.7 Å². The van der Waals surface area contributed by atoms with Crippen molar-refractivity contribution in [2.75, 3.05) is 39.6 Å². The molecule has 19 heteroatoms. The van der Waals surface area contributed by atoms with Gasteiger partial charge in [-0.15, -0.1) is 0 Å². The average Bonchev–Trinajstić information content (AvgIpc) is 1.75. The van der Waals surface area contributed by atoms with Gasteiger partial charge in [-0.3, -0.25) is 37.3 Å². The van der Waals surface area contributed by atoms with Gasteiger partial charge in [0.05, 0.1) is 26.4 Å². The molecule has 8 atom stereocenters. The highest BCUT2D eigenvalue weighted by molar-refractivity contribution is 7.47. The predicted octanol–water partition coefficient (Wildman–Crippen LogP) is 23.6. The van der Waals surface area contributed by atoms with Gasteiger partial charge in [-0.2, -0.15) is 0 Å². The molecule has 0 aliphatic rings. The molecule has 0 radical (unpaired) electrons. The third kappa shape index (κ3) is 70.2. The minimum absolute atomic E-state index is 0.105. The second-order valence-corrected chi connectivity index (χ2v) is 32.9. The fraction of sp³-hybridized carbons (Fsp3) is 0.950. The van der Waals surface area contributed by atoms with E-state index in [1.54, 1.807) is 0 Å². The maximum Gasteiger partial charge on any atom is 0.472 e. The molecule has 0 aliphatic carbocycles. The van der Waals surface area contributed by atoms with Gasteiger partial charge < -0.3 is 33.8 Å². The summed E-state index contributed by atoms with van der Waals surface area (Å²) < 4.78 is 68.7. The largest absolute Gasteiger partial charge is 0.472 e. The third-order valence-corrected chi connectivity index (χ3v) is 21.6. The number of hydrogen-bond acceptors (Lipinski definition) is 15. The molecule has 0 aromatic rings. The van der Waals surface area contributed by atoms with E-state index in [1.807, 2.05) is 0 Å². The molecule has 99 heavy (non-hydrogen) atoms. The van der Waals surface area contributed by atoms with Crippen LogP contribution in [0.5, 0.6) is 0 Å². The lowest BCUT2D eigenvalue weighted by atomic mass is 9.99. The number of aliphatic hydroxyl groups is 1. The predicted molar refractivity (Wildman–Crippen MR) is 404 cm³/mol. The molecule has 0 spiro atoms. The lowest BCUT2D eigenvalue weighted by Crippen LogP contribution is -2.30. The summed E-state index contributed by atoms with van der Waals surface area (Å²) in [6, 6.07) is 0. The minimum Gasteiger partial charge on any atom is -0.462 e. The molecule has 0 fully saturated rings. The van der Waals surface area contributed by atoms with E-state index in [-0.39, 0.29) is 25.7 Å². The van der Waals surface area contributed by atoms with E-state index in [2.05, 4.69) is 55.4 Å². The van der Waals surface area contributed by atoms with Gasteiger partial charge in [0.1, 0.15) is 19.3 Å². The summed E-state index contributed by atoms with van der Waals surface area (Å²) >= 11 is 0. The van der Waals surface area contributed by atoms with E-state index in [0.29, 0.717) is 31.6 Å². The van der Waals surface area contributed by atoms with Gasteiger partial charge in [-0.05, 0) is 49.4 Å². The smallest absolute Gasteiger partial charge is 0.462 e. The van der Waals surface area contributed by atoms with Crippen LogP contribution in [0, 0.1) is 23.7 Å². The van der Waals surface area contributed by atoms with E-state index in [1.165, 1.54) is 205 Å². The second-order valence-electron chi connectivity index (χ2n) is 30.0. The Morgan fingerprint density at radius 2 is 0.485 bits per heavy atom. The number of phosphoric acid groups is 2. The highest BCUT2D eigenvalue weighted by atomic mass is 31.2. The molecule has 588 valence electrons. The van der Waals surface area contributed by atoms with Crippen LogP contribution >= 0.6 is 15.6 Å². The first-order valence-corrected chi connectivity index (χ1v) is 44.3. The molecular formula is C80H156O17P2. The number of ether oxygens (including phenoxy) is 4. The molecule has 5 unspecified atom stereocenters. The zero-order valence-electron chi connectivity index (χ0n) is 65.1. The maximum absolute atomic E-state index is 13.1. The van der Waals surface area contributed by atoms with Crippen molar-refractivity contribution in [3.8, 4) is 0 Å². The number of esters is 4. The highest BCUT2D eigenvalue weighted by Gasteiger charge is 2.30. The van der Waals surface area contributed by atoms with Gasteiger partial charge in [-0.25, -0.2) is 9.13 Å². The normalized spacial score (nSPS) is 14.9. The Hall–Kier alpha value is -1.94. The first-order chi connectivity index (χ1) is 47.7. The van der Waals surface area contributed by atoms with Crippen molar-refractivity contribution in [2.45, 2.75) is 427 Å². The number of aliphatic hydroxyl groups excluding tert-OH is 1. The molecule has 0 amide bonds. The van der Waals surface area contributed by atoms with Crippen molar-refractivity contribution in [3.63, 3.8) is 0 Å². The minimum atomic E-state index is -4.96. The van der Waals surface area contributed by atoms with Crippen LogP contribution in [0.3, 0.4) is 0 Å². The maximum atomic E-state index is 13.1. The van der Waals surface area contributed by atoms with Gasteiger partial charge >= 0.3 is 39.5 Å². The first-order valence-electron chi connectivity index (χ1n) is 41.3. The number of phosphoric ester groups is 2. The summed E-state index contributed by atoms with van der Waals surface area (Å²) in [5, 5.41) is 10.6. The Labute approximate surface area is 607 Å². The zero-order chi connectivity index (χ0) is 73.1. The Kier molecular flexibility index (Phi) is 67.8. The van der Waals surface area contributed by atoms with Crippen LogP contribution in [0.4, 0.5) is 0 Å². The quantitative estimate of drug-likeness (QED) is 0.0222. The molecular weight excluding hydrogens is 1290 g/mol. The second kappa shape index (κ2) is 69.1. The Bertz CT molecular complexity index is 1940. The summed E-state index contributed by atoms with van der Waals surface area (Å²) in [7, 11) is -9.92. The van der Waals surface area contributed by atoms with Gasteiger partial charge in [0.2, 0.25) is 0 Å². The van der Waals surface area contributed by atoms with Gasteiger partial charge in [0.15, 0.2) is 12.2 Å². The Balaban J connectivity index is 5.24. The molecule has 0 saturated carbocycles. The van der Waals surface area contributed by atoms with Gasteiger partial charge in [-0.1, -0.05) is 357 Å². The van der Waals surface area contributed by atoms with E-state index in [9.17, 15) is 43.2 Å². The van der Waals surface area contributed by atoms with Crippen LogP contribution in [-0.4, -0.2) is 96.7 Å². The number of unbranched alkanes of at least 4 members (excludes halogenated alkanes) is 40.